The molecule has 3 rings (SSSR count). The fraction of sp³-hybridized carbons (Fsp3) is 0.176. The summed E-state index contributed by atoms with van der Waals surface area (Å²) < 4.78 is 6.92. The van der Waals surface area contributed by atoms with Crippen LogP contribution in [0, 0.1) is 6.92 Å². The topological polar surface area (TPSA) is 39.2 Å². The van der Waals surface area contributed by atoms with Gasteiger partial charge < -0.3 is 10.2 Å². The average molecular weight is 330 g/mol. The Kier molecular flexibility index (Phi) is 3.64. The number of rotatable bonds is 3. The second-order valence-corrected chi connectivity index (χ2v) is 6.05. The van der Waals surface area contributed by atoms with Crippen molar-refractivity contribution in [2.24, 2.45) is 5.73 Å². The van der Waals surface area contributed by atoms with E-state index >= 15 is 0 Å². The van der Waals surface area contributed by atoms with E-state index in [-0.39, 0.29) is 6.04 Å². The predicted octanol–water partition coefficient (Wildman–Crippen LogP) is 4.75. The van der Waals surface area contributed by atoms with E-state index in [0.717, 1.165) is 27.6 Å². The normalized spacial score (nSPS) is 12.8. The smallest absolute Gasteiger partial charge is 0.134 e. The number of aryl methyl sites for hydroxylation is 1. The molecule has 1 unspecified atom stereocenters. The molecule has 3 aromatic rings. The first-order valence-electron chi connectivity index (χ1n) is 6.62. The van der Waals surface area contributed by atoms with Crippen molar-refractivity contribution in [1.82, 2.24) is 0 Å². The van der Waals surface area contributed by atoms with E-state index in [2.05, 4.69) is 47.1 Å². The lowest BCUT2D eigenvalue weighted by Crippen LogP contribution is -2.12. The number of furan rings is 1. The maximum Gasteiger partial charge on any atom is 0.134 e. The van der Waals surface area contributed by atoms with Crippen LogP contribution in [-0.2, 0) is 6.42 Å². The highest BCUT2D eigenvalue weighted by molar-refractivity contribution is 9.10. The standard InChI is InChI=1S/C17H16BrNO/c1-11-5-6-16-13(7-11)10-17(20-16)15(19)9-12-3-2-4-14(18)8-12/h2-8,10,15H,9,19H2,1H3. The zero-order valence-electron chi connectivity index (χ0n) is 11.3. The monoisotopic (exact) mass is 329 g/mol. The number of benzene rings is 2. The maximum atomic E-state index is 6.27. The van der Waals surface area contributed by atoms with Crippen molar-refractivity contribution < 1.29 is 4.42 Å². The quantitative estimate of drug-likeness (QED) is 0.753. The second-order valence-electron chi connectivity index (χ2n) is 5.13. The van der Waals surface area contributed by atoms with Gasteiger partial charge in [0, 0.05) is 9.86 Å². The van der Waals surface area contributed by atoms with Crippen LogP contribution in [0.4, 0.5) is 0 Å². The Bertz CT molecular complexity index is 748. The molecule has 0 spiro atoms. The Morgan fingerprint density at radius 1 is 1.15 bits per heavy atom. The van der Waals surface area contributed by atoms with Crippen LogP contribution in [0.2, 0.25) is 0 Å². The second kappa shape index (κ2) is 5.43. The van der Waals surface area contributed by atoms with Crippen LogP contribution in [0.25, 0.3) is 11.0 Å². The third-order valence-electron chi connectivity index (χ3n) is 3.40. The highest BCUT2D eigenvalue weighted by Crippen LogP contribution is 2.26. The van der Waals surface area contributed by atoms with Gasteiger partial charge in [-0.25, -0.2) is 0 Å². The summed E-state index contributed by atoms with van der Waals surface area (Å²) in [5, 5.41) is 1.12. The van der Waals surface area contributed by atoms with E-state index in [1.54, 1.807) is 0 Å². The Hall–Kier alpha value is -1.58. The molecule has 0 amide bonds. The Labute approximate surface area is 126 Å². The number of hydrogen-bond donors (Lipinski definition) is 1. The number of hydrogen-bond acceptors (Lipinski definition) is 2. The maximum absolute atomic E-state index is 6.27. The van der Waals surface area contributed by atoms with Gasteiger partial charge in [-0.2, -0.15) is 0 Å². The van der Waals surface area contributed by atoms with E-state index in [9.17, 15) is 0 Å². The molecule has 0 fully saturated rings. The first kappa shape index (κ1) is 13.4. The summed E-state index contributed by atoms with van der Waals surface area (Å²) in [6, 6.07) is 16.3. The van der Waals surface area contributed by atoms with Gasteiger partial charge in [0.25, 0.3) is 0 Å². The lowest BCUT2D eigenvalue weighted by Gasteiger charge is -2.08. The molecule has 1 aromatic heterocycles. The molecule has 20 heavy (non-hydrogen) atoms. The fourth-order valence-electron chi connectivity index (χ4n) is 2.38. The van der Waals surface area contributed by atoms with Gasteiger partial charge in [0.15, 0.2) is 0 Å². The summed E-state index contributed by atoms with van der Waals surface area (Å²) in [5.74, 6) is 0.838. The molecular weight excluding hydrogens is 314 g/mol. The van der Waals surface area contributed by atoms with Gasteiger partial charge >= 0.3 is 0 Å². The molecular formula is C17H16BrNO. The van der Waals surface area contributed by atoms with Crippen LogP contribution in [0.3, 0.4) is 0 Å². The van der Waals surface area contributed by atoms with E-state index in [1.807, 2.05) is 24.3 Å². The summed E-state index contributed by atoms with van der Waals surface area (Å²) in [4.78, 5) is 0. The molecule has 0 saturated heterocycles. The van der Waals surface area contributed by atoms with Crippen molar-refractivity contribution in [3.63, 3.8) is 0 Å². The molecule has 0 saturated carbocycles. The van der Waals surface area contributed by atoms with Gasteiger partial charge in [0.1, 0.15) is 11.3 Å². The van der Waals surface area contributed by atoms with E-state index in [1.165, 1.54) is 11.1 Å². The van der Waals surface area contributed by atoms with Crippen molar-refractivity contribution in [2.45, 2.75) is 19.4 Å². The van der Waals surface area contributed by atoms with Crippen LogP contribution < -0.4 is 5.73 Å². The molecule has 1 atom stereocenters. The molecule has 0 aliphatic rings. The molecule has 2 N–H and O–H groups in total. The molecule has 3 heteroatoms. The highest BCUT2D eigenvalue weighted by Gasteiger charge is 2.13. The molecule has 2 nitrogen and oxygen atoms in total. The first-order chi connectivity index (χ1) is 9.61. The van der Waals surface area contributed by atoms with E-state index in [0.29, 0.717) is 0 Å². The highest BCUT2D eigenvalue weighted by atomic mass is 79.9. The van der Waals surface area contributed by atoms with E-state index in [4.69, 9.17) is 10.2 Å². The fourth-order valence-corrected chi connectivity index (χ4v) is 2.83. The van der Waals surface area contributed by atoms with Crippen molar-refractivity contribution in [3.8, 4) is 0 Å². The lowest BCUT2D eigenvalue weighted by molar-refractivity contribution is 0.494. The number of halogens is 1. The Balaban J connectivity index is 1.86. The summed E-state index contributed by atoms with van der Waals surface area (Å²) in [7, 11) is 0. The van der Waals surface area contributed by atoms with Gasteiger partial charge in [-0.3, -0.25) is 0 Å². The third kappa shape index (κ3) is 2.79. The van der Waals surface area contributed by atoms with Gasteiger partial charge in [-0.1, -0.05) is 39.7 Å². The molecule has 102 valence electrons. The number of nitrogens with two attached hydrogens (primary N) is 1. The summed E-state index contributed by atoms with van der Waals surface area (Å²) in [5.41, 5.74) is 9.59. The largest absolute Gasteiger partial charge is 0.459 e. The molecule has 0 aliphatic heterocycles. The third-order valence-corrected chi connectivity index (χ3v) is 3.89. The van der Waals surface area contributed by atoms with Gasteiger partial charge in [-0.15, -0.1) is 0 Å². The van der Waals surface area contributed by atoms with Crippen LogP contribution in [0.5, 0.6) is 0 Å². The predicted molar refractivity (Wildman–Crippen MR) is 85.7 cm³/mol. The van der Waals surface area contributed by atoms with Crippen molar-refractivity contribution in [1.29, 1.82) is 0 Å². The van der Waals surface area contributed by atoms with Crippen LogP contribution in [0.15, 0.2) is 57.4 Å². The van der Waals surface area contributed by atoms with Gasteiger partial charge in [0.05, 0.1) is 6.04 Å². The minimum Gasteiger partial charge on any atom is -0.459 e. The van der Waals surface area contributed by atoms with Crippen molar-refractivity contribution in [2.75, 3.05) is 0 Å². The van der Waals surface area contributed by atoms with Crippen LogP contribution >= 0.6 is 15.9 Å². The SMILES string of the molecule is Cc1ccc2oc(C(N)Cc3cccc(Br)c3)cc2c1. The average Bonchev–Trinajstić information content (AvgIpc) is 2.81. The zero-order chi connectivity index (χ0) is 14.1. The van der Waals surface area contributed by atoms with Crippen LogP contribution in [-0.4, -0.2) is 0 Å². The first-order valence-corrected chi connectivity index (χ1v) is 7.41. The minimum absolute atomic E-state index is 0.128. The summed E-state index contributed by atoms with van der Waals surface area (Å²) >= 11 is 3.48. The summed E-state index contributed by atoms with van der Waals surface area (Å²) in [6.45, 7) is 2.08. The van der Waals surface area contributed by atoms with Crippen molar-refractivity contribution >= 4 is 26.9 Å². The van der Waals surface area contributed by atoms with E-state index < -0.39 is 0 Å². The van der Waals surface area contributed by atoms with Crippen molar-refractivity contribution in [3.05, 3.63) is 69.9 Å². The molecule has 0 aliphatic carbocycles. The van der Waals surface area contributed by atoms with Gasteiger partial charge in [-0.05, 0) is 49.2 Å². The Morgan fingerprint density at radius 2 is 2.00 bits per heavy atom. The Morgan fingerprint density at radius 3 is 2.80 bits per heavy atom. The molecule has 1 heterocycles. The molecule has 0 radical (unpaired) electrons. The molecule has 2 aromatic carbocycles. The number of fused-ring (bicyclic) bond motifs is 1. The minimum atomic E-state index is -0.128. The lowest BCUT2D eigenvalue weighted by atomic mass is 10.0. The molecule has 0 bridgehead atoms. The van der Waals surface area contributed by atoms with Gasteiger partial charge in [0.2, 0.25) is 0 Å². The van der Waals surface area contributed by atoms with Crippen LogP contribution in [0.1, 0.15) is 22.9 Å². The summed E-state index contributed by atoms with van der Waals surface area (Å²) in [6.07, 6.45) is 0.762. The zero-order valence-corrected chi connectivity index (χ0v) is 12.9.